The molecule has 2 heterocycles. The number of pyridine rings is 1. The second kappa shape index (κ2) is 6.34. The maximum absolute atomic E-state index is 13.6. The highest BCUT2D eigenvalue weighted by atomic mass is 19.4. The van der Waals surface area contributed by atoms with E-state index in [2.05, 4.69) is 15.5 Å². The van der Waals surface area contributed by atoms with Crippen molar-refractivity contribution in [2.75, 3.05) is 0 Å². The highest BCUT2D eigenvalue weighted by Crippen LogP contribution is 2.29. The number of hydrogen-bond donors (Lipinski definition) is 1. The van der Waals surface area contributed by atoms with E-state index in [0.29, 0.717) is 11.7 Å². The van der Waals surface area contributed by atoms with Crippen molar-refractivity contribution in [3.8, 4) is 0 Å². The first-order valence-corrected chi connectivity index (χ1v) is 6.98. The number of hydrogen-bond acceptors (Lipinski definition) is 3. The summed E-state index contributed by atoms with van der Waals surface area (Å²) in [7, 11) is 0. The second-order valence-corrected chi connectivity index (χ2v) is 5.03. The zero-order chi connectivity index (χ0) is 18.0. The maximum atomic E-state index is 13.6. The Bertz CT molecular complexity index is 929. The van der Waals surface area contributed by atoms with Gasteiger partial charge in [-0.15, -0.1) is 0 Å². The summed E-state index contributed by atoms with van der Waals surface area (Å²) in [4.78, 5) is 16.0. The van der Waals surface area contributed by atoms with E-state index in [1.165, 1.54) is 6.20 Å². The van der Waals surface area contributed by atoms with Crippen LogP contribution in [0, 0.1) is 5.82 Å². The number of imidazole rings is 1. The molecule has 1 aromatic carbocycles. The number of amides is 1. The van der Waals surface area contributed by atoms with Crippen molar-refractivity contribution in [3.05, 3.63) is 71.4 Å². The fraction of sp³-hybridized carbons (Fsp3) is 0.0625. The normalized spacial score (nSPS) is 12.0. The third-order valence-corrected chi connectivity index (χ3v) is 3.29. The first-order chi connectivity index (χ1) is 11.8. The molecule has 1 amide bonds. The highest BCUT2D eigenvalue weighted by molar-refractivity contribution is 5.93. The Morgan fingerprint density at radius 3 is 2.72 bits per heavy atom. The number of carbonyl (C=O) groups is 1. The van der Waals surface area contributed by atoms with Crippen LogP contribution in [0.1, 0.15) is 21.6 Å². The molecule has 0 radical (unpaired) electrons. The van der Waals surface area contributed by atoms with Crippen LogP contribution in [-0.2, 0) is 6.18 Å². The first kappa shape index (κ1) is 16.6. The van der Waals surface area contributed by atoms with Crippen molar-refractivity contribution in [2.24, 2.45) is 5.10 Å². The van der Waals surface area contributed by atoms with E-state index >= 15 is 0 Å². The van der Waals surface area contributed by atoms with Crippen molar-refractivity contribution in [1.82, 2.24) is 14.8 Å². The van der Waals surface area contributed by atoms with E-state index in [1.54, 1.807) is 28.8 Å². The van der Waals surface area contributed by atoms with Gasteiger partial charge < -0.3 is 4.40 Å². The summed E-state index contributed by atoms with van der Waals surface area (Å²) in [6, 6.07) is 7.26. The fourth-order valence-corrected chi connectivity index (χ4v) is 2.07. The average Bonchev–Trinajstić information content (AvgIpc) is 2.99. The van der Waals surface area contributed by atoms with E-state index in [4.69, 9.17) is 0 Å². The molecule has 5 nitrogen and oxygen atoms in total. The van der Waals surface area contributed by atoms with Gasteiger partial charge in [-0.25, -0.2) is 14.8 Å². The highest BCUT2D eigenvalue weighted by Gasteiger charge is 2.31. The topological polar surface area (TPSA) is 58.8 Å². The summed E-state index contributed by atoms with van der Waals surface area (Å²) in [6.07, 6.45) is -0.518. The summed E-state index contributed by atoms with van der Waals surface area (Å²) >= 11 is 0. The zero-order valence-electron chi connectivity index (χ0n) is 12.5. The van der Waals surface area contributed by atoms with Crippen LogP contribution in [0.15, 0.2) is 53.9 Å². The van der Waals surface area contributed by atoms with Crippen LogP contribution in [0.4, 0.5) is 17.6 Å². The van der Waals surface area contributed by atoms with E-state index in [9.17, 15) is 22.4 Å². The molecule has 0 bridgehead atoms. The van der Waals surface area contributed by atoms with Crippen LogP contribution in [-0.4, -0.2) is 21.5 Å². The Balaban J connectivity index is 1.71. The third kappa shape index (κ3) is 3.65. The third-order valence-electron chi connectivity index (χ3n) is 3.29. The fourth-order valence-electron chi connectivity index (χ4n) is 2.07. The molecule has 128 valence electrons. The minimum atomic E-state index is -4.63. The quantitative estimate of drug-likeness (QED) is 0.448. The Morgan fingerprint density at radius 2 is 2.04 bits per heavy atom. The molecule has 0 saturated carbocycles. The van der Waals surface area contributed by atoms with E-state index < -0.39 is 23.5 Å². The molecule has 0 aliphatic carbocycles. The molecule has 0 atom stereocenters. The number of alkyl halides is 3. The van der Waals surface area contributed by atoms with Crippen molar-refractivity contribution in [3.63, 3.8) is 0 Å². The largest absolute Gasteiger partial charge is 0.416 e. The van der Waals surface area contributed by atoms with Crippen LogP contribution in [0.3, 0.4) is 0 Å². The molecular weight excluding hydrogens is 340 g/mol. The van der Waals surface area contributed by atoms with Gasteiger partial charge in [0.15, 0.2) is 0 Å². The number of halogens is 4. The lowest BCUT2D eigenvalue weighted by molar-refractivity contribution is -0.137. The number of benzene rings is 1. The van der Waals surface area contributed by atoms with Gasteiger partial charge in [-0.1, -0.05) is 6.07 Å². The molecule has 25 heavy (non-hydrogen) atoms. The van der Waals surface area contributed by atoms with Crippen molar-refractivity contribution >= 4 is 17.8 Å². The number of fused-ring (bicyclic) bond motifs is 1. The smallest absolute Gasteiger partial charge is 0.306 e. The lowest BCUT2D eigenvalue weighted by Crippen LogP contribution is -2.18. The van der Waals surface area contributed by atoms with Gasteiger partial charge in [-0.2, -0.15) is 18.3 Å². The van der Waals surface area contributed by atoms with Gasteiger partial charge in [0.05, 0.1) is 11.8 Å². The van der Waals surface area contributed by atoms with Gasteiger partial charge in [0, 0.05) is 18.0 Å². The van der Waals surface area contributed by atoms with Gasteiger partial charge in [-0.05, 0) is 30.3 Å². The number of rotatable bonds is 3. The van der Waals surface area contributed by atoms with Crippen molar-refractivity contribution in [1.29, 1.82) is 0 Å². The van der Waals surface area contributed by atoms with Gasteiger partial charge in [-0.3, -0.25) is 4.79 Å². The lowest BCUT2D eigenvalue weighted by Gasteiger charge is -2.07. The lowest BCUT2D eigenvalue weighted by atomic mass is 10.1. The minimum absolute atomic E-state index is 0.0937. The number of aromatic nitrogens is 2. The Labute approximate surface area is 138 Å². The molecule has 0 fully saturated rings. The monoisotopic (exact) mass is 350 g/mol. The molecule has 0 aliphatic rings. The van der Waals surface area contributed by atoms with Gasteiger partial charge in [0.1, 0.15) is 17.2 Å². The predicted octanol–water partition coefficient (Wildman–Crippen LogP) is 3.26. The molecule has 3 aromatic rings. The summed E-state index contributed by atoms with van der Waals surface area (Å²) in [5.74, 6) is -1.73. The van der Waals surface area contributed by atoms with Crippen molar-refractivity contribution < 1.29 is 22.4 Å². The van der Waals surface area contributed by atoms with Crippen LogP contribution >= 0.6 is 0 Å². The van der Waals surface area contributed by atoms with Gasteiger partial charge in [0.25, 0.3) is 5.91 Å². The number of nitrogens with one attached hydrogen (secondary N) is 1. The van der Waals surface area contributed by atoms with E-state index in [1.807, 2.05) is 0 Å². The van der Waals surface area contributed by atoms with E-state index in [0.717, 1.165) is 18.3 Å². The molecule has 9 heteroatoms. The standard InChI is InChI=1S/C16H10F4N4O/c17-12-7-11(16(18,19)20)5-4-10(12)8-21-23-15(25)13-9-24-6-2-1-3-14(24)22-13/h1-9H,(H,23,25)/b21-8+. The maximum Gasteiger partial charge on any atom is 0.416 e. The summed E-state index contributed by atoms with van der Waals surface area (Å²) in [6.45, 7) is 0. The number of hydrazone groups is 1. The van der Waals surface area contributed by atoms with Crippen LogP contribution in [0.25, 0.3) is 5.65 Å². The average molecular weight is 350 g/mol. The molecule has 0 aliphatic heterocycles. The summed E-state index contributed by atoms with van der Waals surface area (Å²) in [5, 5.41) is 3.55. The molecule has 0 unspecified atom stereocenters. The van der Waals surface area contributed by atoms with Crippen LogP contribution in [0.2, 0.25) is 0 Å². The second-order valence-electron chi connectivity index (χ2n) is 5.03. The van der Waals surface area contributed by atoms with Crippen LogP contribution < -0.4 is 5.43 Å². The van der Waals surface area contributed by atoms with Crippen molar-refractivity contribution in [2.45, 2.75) is 6.18 Å². The van der Waals surface area contributed by atoms with Gasteiger partial charge in [0.2, 0.25) is 0 Å². The Morgan fingerprint density at radius 1 is 1.24 bits per heavy atom. The molecule has 1 N–H and O–H groups in total. The number of carbonyl (C=O) groups excluding carboxylic acids is 1. The summed E-state index contributed by atoms with van der Waals surface area (Å²) in [5.41, 5.74) is 1.51. The summed E-state index contributed by atoms with van der Waals surface area (Å²) < 4.78 is 52.7. The van der Waals surface area contributed by atoms with Gasteiger partial charge >= 0.3 is 6.18 Å². The molecule has 0 saturated heterocycles. The SMILES string of the molecule is O=C(N/N=C/c1ccc(C(F)(F)F)cc1F)c1cn2ccccc2n1. The first-order valence-electron chi connectivity index (χ1n) is 6.98. The molecular formula is C16H10F4N4O. The zero-order valence-corrected chi connectivity index (χ0v) is 12.5. The molecule has 0 spiro atoms. The number of nitrogens with zero attached hydrogens (tertiary/aromatic N) is 3. The van der Waals surface area contributed by atoms with Crippen LogP contribution in [0.5, 0.6) is 0 Å². The Hall–Kier alpha value is -3.23. The molecule has 3 rings (SSSR count). The van der Waals surface area contributed by atoms with E-state index in [-0.39, 0.29) is 11.3 Å². The Kier molecular flexibility index (Phi) is 4.22. The molecule has 2 aromatic heterocycles. The minimum Gasteiger partial charge on any atom is -0.306 e. The predicted molar refractivity (Wildman–Crippen MR) is 81.7 cm³/mol.